The molecule has 8 heteroatoms. The van der Waals surface area contributed by atoms with Crippen LogP contribution in [0.3, 0.4) is 0 Å². The van der Waals surface area contributed by atoms with Crippen LogP contribution in [0, 0.1) is 6.92 Å². The number of pyridine rings is 2. The lowest BCUT2D eigenvalue weighted by Crippen LogP contribution is -2.36. The van der Waals surface area contributed by atoms with Crippen LogP contribution in [0.2, 0.25) is 0 Å². The van der Waals surface area contributed by atoms with Gasteiger partial charge in [-0.1, -0.05) is 0 Å². The summed E-state index contributed by atoms with van der Waals surface area (Å²) < 4.78 is 7.20. The van der Waals surface area contributed by atoms with E-state index in [0.717, 1.165) is 48.7 Å². The van der Waals surface area contributed by atoms with Crippen molar-refractivity contribution < 1.29 is 9.53 Å². The lowest BCUT2D eigenvalue weighted by molar-refractivity contribution is 0.102. The van der Waals surface area contributed by atoms with Crippen molar-refractivity contribution in [2.75, 3.05) is 36.5 Å². The third kappa shape index (κ3) is 3.55. The van der Waals surface area contributed by atoms with E-state index in [1.165, 1.54) is 0 Å². The van der Waals surface area contributed by atoms with Gasteiger partial charge >= 0.3 is 0 Å². The quantitative estimate of drug-likeness (QED) is 0.749. The number of hydrogen-bond donors (Lipinski definition) is 1. The van der Waals surface area contributed by atoms with E-state index in [1.807, 2.05) is 37.6 Å². The minimum atomic E-state index is -0.217. The Bertz CT molecular complexity index is 990. The Hall–Kier alpha value is -3.00. The molecular formula is C20H24N6O2. The lowest BCUT2D eigenvalue weighted by atomic mass is 10.1. The maximum atomic E-state index is 12.9. The zero-order valence-electron chi connectivity index (χ0n) is 16.3. The Kier molecular flexibility index (Phi) is 4.95. The van der Waals surface area contributed by atoms with Crippen LogP contribution in [-0.2, 0) is 4.74 Å². The number of nitrogens with zero attached hydrogens (tertiary/aromatic N) is 5. The van der Waals surface area contributed by atoms with Crippen LogP contribution in [0.25, 0.3) is 11.0 Å². The SMILES string of the molecule is Cc1cc(C(=O)Nc2ccc(N3CCOCC3)cn2)c2cnn(C(C)C)c2n1. The first kappa shape index (κ1) is 18.4. The number of amides is 1. The fourth-order valence-electron chi connectivity index (χ4n) is 3.36. The number of morpholine rings is 1. The average molecular weight is 380 g/mol. The van der Waals surface area contributed by atoms with Crippen LogP contribution in [0.5, 0.6) is 0 Å². The highest BCUT2D eigenvalue weighted by Gasteiger charge is 2.18. The molecule has 0 atom stereocenters. The summed E-state index contributed by atoms with van der Waals surface area (Å²) in [6.07, 6.45) is 3.48. The van der Waals surface area contributed by atoms with Crippen molar-refractivity contribution in [3.63, 3.8) is 0 Å². The van der Waals surface area contributed by atoms with Gasteiger partial charge in [-0.2, -0.15) is 5.10 Å². The van der Waals surface area contributed by atoms with Crippen LogP contribution in [0.15, 0.2) is 30.6 Å². The molecule has 1 amide bonds. The maximum absolute atomic E-state index is 12.9. The molecule has 0 bridgehead atoms. The normalized spacial score (nSPS) is 14.6. The highest BCUT2D eigenvalue weighted by molar-refractivity contribution is 6.11. The minimum absolute atomic E-state index is 0.164. The van der Waals surface area contributed by atoms with Gasteiger partial charge in [-0.05, 0) is 39.0 Å². The third-order valence-electron chi connectivity index (χ3n) is 4.79. The number of ether oxygens (including phenoxy) is 1. The summed E-state index contributed by atoms with van der Waals surface area (Å²) in [6.45, 7) is 9.10. The molecule has 28 heavy (non-hydrogen) atoms. The van der Waals surface area contributed by atoms with Crippen LogP contribution in [-0.4, -0.2) is 52.0 Å². The van der Waals surface area contributed by atoms with E-state index in [-0.39, 0.29) is 11.9 Å². The summed E-state index contributed by atoms with van der Waals surface area (Å²) in [5.41, 5.74) is 3.07. The molecule has 4 heterocycles. The molecule has 1 aliphatic rings. The topological polar surface area (TPSA) is 85.2 Å². The van der Waals surface area contributed by atoms with Gasteiger partial charge in [0.2, 0.25) is 0 Å². The first-order valence-corrected chi connectivity index (χ1v) is 9.48. The Labute approximate surface area is 163 Å². The standard InChI is InChI=1S/C20H24N6O2/c1-13(2)26-19-17(12-22-26)16(10-14(3)23-19)20(27)24-18-5-4-15(11-21-18)25-6-8-28-9-7-25/h4-5,10-13H,6-9H2,1-3H3,(H,21,24,27). The van der Waals surface area contributed by atoms with E-state index in [1.54, 1.807) is 18.5 Å². The summed E-state index contributed by atoms with van der Waals surface area (Å²) >= 11 is 0. The van der Waals surface area contributed by atoms with Crippen molar-refractivity contribution in [3.05, 3.63) is 41.9 Å². The van der Waals surface area contributed by atoms with Crippen molar-refractivity contribution in [2.45, 2.75) is 26.8 Å². The summed E-state index contributed by atoms with van der Waals surface area (Å²) in [5.74, 6) is 0.298. The Morgan fingerprint density at radius 3 is 2.68 bits per heavy atom. The highest BCUT2D eigenvalue weighted by atomic mass is 16.5. The van der Waals surface area contributed by atoms with E-state index < -0.39 is 0 Å². The van der Waals surface area contributed by atoms with Crippen molar-refractivity contribution in [1.29, 1.82) is 0 Å². The van der Waals surface area contributed by atoms with Gasteiger partial charge in [0.1, 0.15) is 5.82 Å². The molecule has 3 aromatic heterocycles. The van der Waals surface area contributed by atoms with Gasteiger partial charge in [-0.15, -0.1) is 0 Å². The second-order valence-corrected chi connectivity index (χ2v) is 7.19. The lowest BCUT2D eigenvalue weighted by Gasteiger charge is -2.28. The van der Waals surface area contributed by atoms with E-state index in [4.69, 9.17) is 4.74 Å². The molecule has 0 saturated carbocycles. The van der Waals surface area contributed by atoms with Crippen LogP contribution in [0.1, 0.15) is 35.9 Å². The largest absolute Gasteiger partial charge is 0.378 e. The molecule has 0 radical (unpaired) electrons. The molecule has 8 nitrogen and oxygen atoms in total. The molecule has 4 rings (SSSR count). The molecule has 0 aliphatic carbocycles. The molecule has 146 valence electrons. The van der Waals surface area contributed by atoms with Gasteiger partial charge in [0, 0.05) is 24.8 Å². The number of aromatic nitrogens is 4. The Morgan fingerprint density at radius 1 is 1.21 bits per heavy atom. The zero-order valence-corrected chi connectivity index (χ0v) is 16.3. The first-order valence-electron chi connectivity index (χ1n) is 9.48. The van der Waals surface area contributed by atoms with Crippen LogP contribution < -0.4 is 10.2 Å². The zero-order chi connectivity index (χ0) is 19.7. The molecule has 3 aromatic rings. The van der Waals surface area contributed by atoms with Gasteiger partial charge in [-0.3, -0.25) is 4.79 Å². The predicted octanol–water partition coefficient (Wildman–Crippen LogP) is 2.80. The molecule has 1 N–H and O–H groups in total. The smallest absolute Gasteiger partial charge is 0.257 e. The van der Waals surface area contributed by atoms with E-state index >= 15 is 0 Å². The molecule has 0 spiro atoms. The number of carbonyl (C=O) groups excluding carboxylic acids is 1. The number of hydrogen-bond acceptors (Lipinski definition) is 6. The van der Waals surface area contributed by atoms with Crippen LogP contribution in [0.4, 0.5) is 11.5 Å². The number of nitrogens with one attached hydrogen (secondary N) is 1. The van der Waals surface area contributed by atoms with Gasteiger partial charge in [0.15, 0.2) is 5.65 Å². The molecule has 1 saturated heterocycles. The second kappa shape index (κ2) is 7.55. The van der Waals surface area contributed by atoms with Crippen LogP contribution >= 0.6 is 0 Å². The highest BCUT2D eigenvalue weighted by Crippen LogP contribution is 2.22. The van der Waals surface area contributed by atoms with Crippen molar-refractivity contribution in [1.82, 2.24) is 19.7 Å². The minimum Gasteiger partial charge on any atom is -0.378 e. The van der Waals surface area contributed by atoms with E-state index in [9.17, 15) is 4.79 Å². The average Bonchev–Trinajstić information content (AvgIpc) is 3.12. The summed E-state index contributed by atoms with van der Waals surface area (Å²) in [6, 6.07) is 5.74. The third-order valence-corrected chi connectivity index (χ3v) is 4.79. The van der Waals surface area contributed by atoms with Gasteiger partial charge in [-0.25, -0.2) is 14.6 Å². The Balaban J connectivity index is 1.57. The number of anilines is 2. The fraction of sp³-hybridized carbons (Fsp3) is 0.400. The number of aryl methyl sites for hydroxylation is 1. The van der Waals surface area contributed by atoms with Crippen molar-refractivity contribution >= 4 is 28.4 Å². The van der Waals surface area contributed by atoms with E-state index in [0.29, 0.717) is 11.4 Å². The summed E-state index contributed by atoms with van der Waals surface area (Å²) in [7, 11) is 0. The summed E-state index contributed by atoms with van der Waals surface area (Å²) in [4.78, 5) is 24.1. The second-order valence-electron chi connectivity index (χ2n) is 7.19. The molecule has 1 aliphatic heterocycles. The molecule has 0 unspecified atom stereocenters. The number of rotatable bonds is 4. The molecular weight excluding hydrogens is 356 g/mol. The van der Waals surface area contributed by atoms with E-state index in [2.05, 4.69) is 25.3 Å². The Morgan fingerprint density at radius 2 is 2.00 bits per heavy atom. The van der Waals surface area contributed by atoms with Crippen molar-refractivity contribution in [2.24, 2.45) is 0 Å². The van der Waals surface area contributed by atoms with Crippen molar-refractivity contribution in [3.8, 4) is 0 Å². The molecule has 1 fully saturated rings. The van der Waals surface area contributed by atoms with Gasteiger partial charge in [0.25, 0.3) is 5.91 Å². The monoisotopic (exact) mass is 380 g/mol. The van der Waals surface area contributed by atoms with Gasteiger partial charge < -0.3 is 15.0 Å². The fourth-order valence-corrected chi connectivity index (χ4v) is 3.36. The first-order chi connectivity index (χ1) is 13.5. The summed E-state index contributed by atoms with van der Waals surface area (Å²) in [5, 5.41) is 8.02. The van der Waals surface area contributed by atoms with Gasteiger partial charge in [0.05, 0.1) is 42.2 Å². The number of fused-ring (bicyclic) bond motifs is 1. The number of carbonyl (C=O) groups is 1. The maximum Gasteiger partial charge on any atom is 0.257 e. The molecule has 0 aromatic carbocycles. The predicted molar refractivity (Wildman–Crippen MR) is 108 cm³/mol.